The van der Waals surface area contributed by atoms with E-state index in [-0.39, 0.29) is 0 Å². The van der Waals surface area contributed by atoms with Crippen molar-refractivity contribution in [3.05, 3.63) is 0 Å². The lowest BCUT2D eigenvalue weighted by atomic mass is 10.1. The largest absolute Gasteiger partial charge is 0.368 e. The molecule has 0 aromatic heterocycles. The molecule has 0 rings (SSSR count). The second-order valence-electron chi connectivity index (χ2n) is 3.71. The maximum absolute atomic E-state index is 8.77. The molecule has 0 aliphatic heterocycles. The lowest BCUT2D eigenvalue weighted by molar-refractivity contribution is -0.0859. The Labute approximate surface area is 75.9 Å². The van der Waals surface area contributed by atoms with E-state index in [0.29, 0.717) is 6.61 Å². The van der Waals surface area contributed by atoms with Crippen molar-refractivity contribution >= 4 is 0 Å². The van der Waals surface area contributed by atoms with Crippen LogP contribution in [0, 0.1) is 5.92 Å². The van der Waals surface area contributed by atoms with Crippen LogP contribution in [0.3, 0.4) is 0 Å². The minimum absolute atomic E-state index is 0.602. The van der Waals surface area contributed by atoms with E-state index in [1.54, 1.807) is 6.92 Å². The predicted molar refractivity (Wildman–Crippen MR) is 50.9 cm³/mol. The first-order valence-corrected chi connectivity index (χ1v) is 4.92. The van der Waals surface area contributed by atoms with E-state index >= 15 is 0 Å². The molecule has 2 nitrogen and oxygen atoms in total. The van der Waals surface area contributed by atoms with Gasteiger partial charge in [-0.25, -0.2) is 0 Å². The number of hydrogen-bond acceptors (Lipinski definition) is 2. The number of ether oxygens (including phenoxy) is 1. The van der Waals surface area contributed by atoms with E-state index in [0.717, 1.165) is 12.3 Å². The molecule has 0 spiro atoms. The Bertz CT molecular complexity index is 77.8. The quantitative estimate of drug-likeness (QED) is 0.475. The average Bonchev–Trinajstić information content (AvgIpc) is 1.95. The molecule has 74 valence electrons. The van der Waals surface area contributed by atoms with Crippen LogP contribution in [0.2, 0.25) is 0 Å². The van der Waals surface area contributed by atoms with Crippen molar-refractivity contribution < 1.29 is 9.84 Å². The number of aliphatic hydroxyl groups is 1. The van der Waals surface area contributed by atoms with Gasteiger partial charge in [-0.2, -0.15) is 0 Å². The maximum Gasteiger partial charge on any atom is 0.151 e. The van der Waals surface area contributed by atoms with E-state index < -0.39 is 6.29 Å². The van der Waals surface area contributed by atoms with Gasteiger partial charge in [-0.15, -0.1) is 0 Å². The minimum Gasteiger partial charge on any atom is -0.368 e. The van der Waals surface area contributed by atoms with Crippen molar-refractivity contribution in [2.24, 2.45) is 5.92 Å². The Morgan fingerprint density at radius 1 is 1.08 bits per heavy atom. The topological polar surface area (TPSA) is 29.5 Å². The maximum atomic E-state index is 8.77. The van der Waals surface area contributed by atoms with Crippen molar-refractivity contribution in [2.75, 3.05) is 6.61 Å². The fraction of sp³-hybridized carbons (Fsp3) is 1.00. The normalized spacial score (nSPS) is 13.8. The first-order valence-electron chi connectivity index (χ1n) is 4.92. The second-order valence-corrected chi connectivity index (χ2v) is 3.71. The Kier molecular flexibility index (Phi) is 7.51. The van der Waals surface area contributed by atoms with Gasteiger partial charge in [-0.1, -0.05) is 33.1 Å². The van der Waals surface area contributed by atoms with Crippen LogP contribution in [0.4, 0.5) is 0 Å². The van der Waals surface area contributed by atoms with Crippen LogP contribution >= 0.6 is 0 Å². The van der Waals surface area contributed by atoms with Gasteiger partial charge in [0.15, 0.2) is 6.29 Å². The molecule has 1 N–H and O–H groups in total. The van der Waals surface area contributed by atoms with Gasteiger partial charge >= 0.3 is 0 Å². The van der Waals surface area contributed by atoms with Crippen LogP contribution in [-0.4, -0.2) is 18.0 Å². The molecule has 0 aromatic carbocycles. The zero-order valence-corrected chi connectivity index (χ0v) is 8.55. The third kappa shape index (κ3) is 9.92. The SMILES string of the molecule is CC(C)CCCCCOC(C)O. The minimum atomic E-state index is -0.602. The molecule has 0 saturated heterocycles. The lowest BCUT2D eigenvalue weighted by Gasteiger charge is -2.06. The number of unbranched alkanes of at least 4 members (excludes halogenated alkanes) is 2. The van der Waals surface area contributed by atoms with Crippen LogP contribution in [0.5, 0.6) is 0 Å². The van der Waals surface area contributed by atoms with Gasteiger partial charge in [0.25, 0.3) is 0 Å². The van der Waals surface area contributed by atoms with Crippen LogP contribution in [0.25, 0.3) is 0 Å². The smallest absolute Gasteiger partial charge is 0.151 e. The number of aliphatic hydroxyl groups excluding tert-OH is 1. The summed E-state index contributed by atoms with van der Waals surface area (Å²) in [6.45, 7) is 6.82. The van der Waals surface area contributed by atoms with Gasteiger partial charge in [0.1, 0.15) is 0 Å². The third-order valence-electron chi connectivity index (χ3n) is 1.78. The molecule has 0 aromatic rings. The summed E-state index contributed by atoms with van der Waals surface area (Å²) >= 11 is 0. The molecule has 1 unspecified atom stereocenters. The van der Waals surface area contributed by atoms with E-state index in [1.807, 2.05) is 0 Å². The molecular weight excluding hydrogens is 152 g/mol. The fourth-order valence-corrected chi connectivity index (χ4v) is 1.09. The highest BCUT2D eigenvalue weighted by atomic mass is 16.6. The highest BCUT2D eigenvalue weighted by Gasteiger charge is 1.96. The summed E-state index contributed by atoms with van der Waals surface area (Å²) < 4.78 is 5.00. The van der Waals surface area contributed by atoms with Gasteiger partial charge in [0.05, 0.1) is 0 Å². The van der Waals surface area contributed by atoms with Crippen molar-refractivity contribution in [3.63, 3.8) is 0 Å². The van der Waals surface area contributed by atoms with Gasteiger partial charge in [0, 0.05) is 6.61 Å². The molecular formula is C10H22O2. The molecule has 12 heavy (non-hydrogen) atoms. The molecule has 0 amide bonds. The van der Waals surface area contributed by atoms with Crippen molar-refractivity contribution in [3.8, 4) is 0 Å². The lowest BCUT2D eigenvalue weighted by Crippen LogP contribution is -2.07. The van der Waals surface area contributed by atoms with Gasteiger partial charge in [0.2, 0.25) is 0 Å². The average molecular weight is 174 g/mol. The van der Waals surface area contributed by atoms with Gasteiger partial charge < -0.3 is 9.84 Å². The second kappa shape index (κ2) is 7.56. The monoisotopic (exact) mass is 174 g/mol. The molecule has 0 saturated carbocycles. The molecule has 0 aliphatic carbocycles. The summed E-state index contributed by atoms with van der Waals surface area (Å²) in [6, 6.07) is 0. The highest BCUT2D eigenvalue weighted by Crippen LogP contribution is 2.07. The first kappa shape index (κ1) is 11.9. The van der Waals surface area contributed by atoms with Crippen LogP contribution < -0.4 is 0 Å². The Hall–Kier alpha value is -0.0800. The number of rotatable bonds is 7. The van der Waals surface area contributed by atoms with Crippen molar-refractivity contribution in [1.82, 2.24) is 0 Å². The number of hydrogen-bond donors (Lipinski definition) is 1. The molecule has 1 atom stereocenters. The summed E-state index contributed by atoms with van der Waals surface area (Å²) in [7, 11) is 0. The fourth-order valence-electron chi connectivity index (χ4n) is 1.09. The zero-order chi connectivity index (χ0) is 9.40. The third-order valence-corrected chi connectivity index (χ3v) is 1.78. The summed E-state index contributed by atoms with van der Waals surface area (Å²) in [5, 5.41) is 8.77. The Morgan fingerprint density at radius 2 is 1.75 bits per heavy atom. The molecule has 0 bridgehead atoms. The summed E-state index contributed by atoms with van der Waals surface area (Å²) in [4.78, 5) is 0. The van der Waals surface area contributed by atoms with Crippen LogP contribution in [-0.2, 0) is 4.74 Å². The van der Waals surface area contributed by atoms with E-state index in [1.165, 1.54) is 19.3 Å². The first-order chi connectivity index (χ1) is 5.63. The van der Waals surface area contributed by atoms with Crippen LogP contribution in [0.15, 0.2) is 0 Å². The molecule has 0 heterocycles. The van der Waals surface area contributed by atoms with Crippen molar-refractivity contribution in [1.29, 1.82) is 0 Å². The summed E-state index contributed by atoms with van der Waals surface area (Å²) in [5.74, 6) is 0.808. The standard InChI is InChI=1S/C10H22O2/c1-9(2)7-5-4-6-8-12-10(3)11/h9-11H,4-8H2,1-3H3. The van der Waals surface area contributed by atoms with Gasteiger partial charge in [-0.3, -0.25) is 0 Å². The predicted octanol–water partition coefficient (Wildman–Crippen LogP) is 2.56. The van der Waals surface area contributed by atoms with Crippen LogP contribution in [0.1, 0.15) is 46.5 Å². The highest BCUT2D eigenvalue weighted by molar-refractivity contribution is 4.46. The zero-order valence-electron chi connectivity index (χ0n) is 8.55. The summed E-state index contributed by atoms with van der Waals surface area (Å²) in [5.41, 5.74) is 0. The Balaban J connectivity index is 2.91. The summed E-state index contributed by atoms with van der Waals surface area (Å²) in [6.07, 6.45) is 4.26. The van der Waals surface area contributed by atoms with E-state index in [4.69, 9.17) is 9.84 Å². The van der Waals surface area contributed by atoms with Gasteiger partial charge in [-0.05, 0) is 19.3 Å². The molecule has 0 fully saturated rings. The van der Waals surface area contributed by atoms with E-state index in [9.17, 15) is 0 Å². The molecule has 0 aliphatic rings. The van der Waals surface area contributed by atoms with Crippen molar-refractivity contribution in [2.45, 2.75) is 52.7 Å². The molecule has 0 radical (unpaired) electrons. The Morgan fingerprint density at radius 3 is 2.25 bits per heavy atom. The molecule has 2 heteroatoms. The van der Waals surface area contributed by atoms with E-state index in [2.05, 4.69) is 13.8 Å².